The number of ether oxygens (including phenoxy) is 1. The summed E-state index contributed by atoms with van der Waals surface area (Å²) in [6.45, 7) is 2.09. The van der Waals surface area contributed by atoms with Crippen molar-refractivity contribution in [2.45, 2.75) is 44.6 Å². The van der Waals surface area contributed by atoms with Gasteiger partial charge in [-0.15, -0.1) is 0 Å². The Kier molecular flexibility index (Phi) is 5.32. The maximum atomic E-state index is 11.8. The Balaban J connectivity index is 2.73. The zero-order valence-electron chi connectivity index (χ0n) is 11.3. The fraction of sp³-hybridized carbons (Fsp3) is 0.833. The second-order valence-corrected chi connectivity index (χ2v) is 6.71. The van der Waals surface area contributed by atoms with Crippen molar-refractivity contribution in [1.82, 2.24) is 4.72 Å². The van der Waals surface area contributed by atoms with Crippen molar-refractivity contribution in [2.24, 2.45) is 5.92 Å². The minimum atomic E-state index is -3.83. The molecule has 0 aliphatic heterocycles. The van der Waals surface area contributed by atoms with E-state index < -0.39 is 27.3 Å². The zero-order valence-corrected chi connectivity index (χ0v) is 12.1. The molecule has 1 saturated carbocycles. The molecule has 0 heterocycles. The smallest absolute Gasteiger partial charge is 0.322 e. The second kappa shape index (κ2) is 6.35. The number of sulfonamides is 1. The third-order valence-corrected chi connectivity index (χ3v) is 4.95. The highest BCUT2D eigenvalue weighted by molar-refractivity contribution is 7.90. The lowest BCUT2D eigenvalue weighted by Gasteiger charge is -2.34. The van der Waals surface area contributed by atoms with E-state index in [-0.39, 0.29) is 0 Å². The number of hydrogen-bond acceptors (Lipinski definition) is 5. The van der Waals surface area contributed by atoms with Gasteiger partial charge in [0.05, 0.1) is 13.2 Å². The molecule has 0 aromatic heterocycles. The molecule has 0 spiro atoms. The number of carbonyl (C=O) groups excluding carboxylic acids is 1. The topological polar surface area (TPSA) is 96.3 Å². The van der Waals surface area contributed by atoms with Gasteiger partial charge in [-0.1, -0.05) is 13.3 Å². The Morgan fingerprint density at radius 2 is 2.05 bits per heavy atom. The number of esters is 1. The van der Waals surface area contributed by atoms with E-state index in [2.05, 4.69) is 22.5 Å². The fourth-order valence-electron chi connectivity index (χ4n) is 2.36. The molecular weight excluding hydrogens is 268 g/mol. The molecule has 0 radical (unpaired) electrons. The number of methoxy groups -OCH3 is 1. The standard InChI is InChI=1S/C12H20N2O4S/c1-3-10-4-6-12(9-13,7-5-10)14-19(16,17)8-11(15)18-2/h10,14H,3-8H2,1-2H3. The van der Waals surface area contributed by atoms with E-state index in [0.717, 1.165) is 26.4 Å². The predicted octanol–water partition coefficient (Wildman–Crippen LogP) is 0.941. The van der Waals surface area contributed by atoms with Crippen LogP contribution >= 0.6 is 0 Å². The Labute approximate surface area is 114 Å². The number of carbonyl (C=O) groups is 1. The van der Waals surface area contributed by atoms with Crippen molar-refractivity contribution in [2.75, 3.05) is 12.9 Å². The normalized spacial score (nSPS) is 27.5. The van der Waals surface area contributed by atoms with Crippen LogP contribution in [0.5, 0.6) is 0 Å². The van der Waals surface area contributed by atoms with Crippen LogP contribution < -0.4 is 4.72 Å². The maximum Gasteiger partial charge on any atom is 0.322 e. The Morgan fingerprint density at radius 3 is 2.47 bits per heavy atom. The van der Waals surface area contributed by atoms with Gasteiger partial charge < -0.3 is 4.74 Å². The third-order valence-electron chi connectivity index (χ3n) is 3.64. The van der Waals surface area contributed by atoms with Crippen LogP contribution in [0.25, 0.3) is 0 Å². The van der Waals surface area contributed by atoms with Crippen LogP contribution in [0.4, 0.5) is 0 Å². The van der Waals surface area contributed by atoms with Crippen molar-refractivity contribution in [3.8, 4) is 6.07 Å². The van der Waals surface area contributed by atoms with E-state index >= 15 is 0 Å². The summed E-state index contributed by atoms with van der Waals surface area (Å²) in [5, 5.41) is 9.26. The van der Waals surface area contributed by atoms with Crippen molar-refractivity contribution < 1.29 is 17.9 Å². The number of hydrogen-bond donors (Lipinski definition) is 1. The highest BCUT2D eigenvalue weighted by Gasteiger charge is 2.39. The van der Waals surface area contributed by atoms with Crippen molar-refractivity contribution in [1.29, 1.82) is 5.26 Å². The summed E-state index contributed by atoms with van der Waals surface area (Å²) in [6.07, 6.45) is 3.66. The summed E-state index contributed by atoms with van der Waals surface area (Å²) in [5.74, 6) is -1.03. The zero-order chi connectivity index (χ0) is 14.5. The lowest BCUT2D eigenvalue weighted by Crippen LogP contribution is -2.51. The summed E-state index contributed by atoms with van der Waals surface area (Å²) in [6, 6.07) is 2.07. The highest BCUT2D eigenvalue weighted by atomic mass is 32.2. The van der Waals surface area contributed by atoms with Crippen molar-refractivity contribution >= 4 is 16.0 Å². The molecule has 7 heteroatoms. The maximum absolute atomic E-state index is 11.8. The van der Waals surface area contributed by atoms with E-state index in [1.165, 1.54) is 0 Å². The van der Waals surface area contributed by atoms with Gasteiger partial charge in [-0.25, -0.2) is 8.42 Å². The molecule has 6 nitrogen and oxygen atoms in total. The number of nitrogens with one attached hydrogen (secondary N) is 1. The molecule has 0 aromatic rings. The molecular formula is C12H20N2O4S. The molecule has 1 rings (SSSR count). The molecule has 0 aromatic carbocycles. The van der Waals surface area contributed by atoms with Gasteiger partial charge in [0, 0.05) is 0 Å². The molecule has 1 N–H and O–H groups in total. The first-order valence-corrected chi connectivity index (χ1v) is 8.01. The first-order chi connectivity index (χ1) is 8.86. The third kappa shape index (κ3) is 4.48. The molecule has 0 amide bonds. The van der Waals surface area contributed by atoms with Gasteiger partial charge in [-0.3, -0.25) is 4.79 Å². The SMILES string of the molecule is CCC1CCC(C#N)(NS(=O)(=O)CC(=O)OC)CC1. The summed E-state index contributed by atoms with van der Waals surface area (Å²) in [4.78, 5) is 11.0. The Hall–Kier alpha value is -1.13. The summed E-state index contributed by atoms with van der Waals surface area (Å²) >= 11 is 0. The molecule has 1 fully saturated rings. The van der Waals surface area contributed by atoms with Gasteiger partial charge in [0.1, 0.15) is 5.54 Å². The van der Waals surface area contributed by atoms with Gasteiger partial charge >= 0.3 is 5.97 Å². The number of nitriles is 1. The Morgan fingerprint density at radius 1 is 1.47 bits per heavy atom. The molecule has 1 aliphatic carbocycles. The monoisotopic (exact) mass is 288 g/mol. The average molecular weight is 288 g/mol. The molecule has 108 valence electrons. The van der Waals surface area contributed by atoms with Crippen LogP contribution in [0.3, 0.4) is 0 Å². The summed E-state index contributed by atoms with van der Waals surface area (Å²) in [5.41, 5.74) is -1.07. The van der Waals surface area contributed by atoms with Gasteiger partial charge in [-0.2, -0.15) is 9.98 Å². The Bertz CT molecular complexity index is 459. The van der Waals surface area contributed by atoms with Crippen LogP contribution in [0.15, 0.2) is 0 Å². The fourth-order valence-corrected chi connectivity index (χ4v) is 3.71. The van der Waals surface area contributed by atoms with Crippen LogP contribution in [0, 0.1) is 17.2 Å². The van der Waals surface area contributed by atoms with Crippen molar-refractivity contribution in [3.05, 3.63) is 0 Å². The molecule has 1 aliphatic rings. The highest BCUT2D eigenvalue weighted by Crippen LogP contribution is 2.33. The second-order valence-electron chi connectivity index (χ2n) is 4.98. The number of rotatable bonds is 5. The summed E-state index contributed by atoms with van der Waals surface area (Å²) < 4.78 is 30.4. The van der Waals surface area contributed by atoms with Gasteiger partial charge in [0.15, 0.2) is 5.75 Å². The minimum Gasteiger partial charge on any atom is -0.468 e. The quantitative estimate of drug-likeness (QED) is 0.759. The van der Waals surface area contributed by atoms with E-state index in [0.29, 0.717) is 18.8 Å². The number of nitrogens with zero attached hydrogens (tertiary/aromatic N) is 1. The molecule has 0 atom stereocenters. The lowest BCUT2D eigenvalue weighted by atomic mass is 9.77. The van der Waals surface area contributed by atoms with E-state index in [1.54, 1.807) is 0 Å². The first-order valence-electron chi connectivity index (χ1n) is 6.36. The van der Waals surface area contributed by atoms with E-state index in [4.69, 9.17) is 0 Å². The predicted molar refractivity (Wildman–Crippen MR) is 69.5 cm³/mol. The van der Waals surface area contributed by atoms with Gasteiger partial charge in [0.25, 0.3) is 0 Å². The molecule has 0 unspecified atom stereocenters. The lowest BCUT2D eigenvalue weighted by molar-refractivity contribution is -0.137. The van der Waals surface area contributed by atoms with Crippen LogP contribution in [-0.2, 0) is 19.6 Å². The largest absolute Gasteiger partial charge is 0.468 e. The van der Waals surface area contributed by atoms with E-state index in [9.17, 15) is 18.5 Å². The first kappa shape index (κ1) is 15.9. The summed E-state index contributed by atoms with van der Waals surface area (Å²) in [7, 11) is -2.70. The minimum absolute atomic E-state index is 0.489. The molecule has 0 bridgehead atoms. The van der Waals surface area contributed by atoms with Crippen LogP contribution in [0.1, 0.15) is 39.0 Å². The van der Waals surface area contributed by atoms with E-state index in [1.807, 2.05) is 0 Å². The van der Waals surface area contributed by atoms with Crippen LogP contribution in [-0.4, -0.2) is 32.8 Å². The van der Waals surface area contributed by atoms with Gasteiger partial charge in [-0.05, 0) is 31.6 Å². The van der Waals surface area contributed by atoms with Crippen molar-refractivity contribution in [3.63, 3.8) is 0 Å². The molecule has 0 saturated heterocycles. The van der Waals surface area contributed by atoms with Gasteiger partial charge in [0.2, 0.25) is 10.0 Å². The average Bonchev–Trinajstić information content (AvgIpc) is 2.38. The van der Waals surface area contributed by atoms with Crippen LogP contribution in [0.2, 0.25) is 0 Å². The molecule has 19 heavy (non-hydrogen) atoms.